The lowest BCUT2D eigenvalue weighted by Gasteiger charge is -2.14. The first kappa shape index (κ1) is 11.4. The van der Waals surface area contributed by atoms with Crippen molar-refractivity contribution in [3.8, 4) is 0 Å². The average molecular weight is 253 g/mol. The zero-order chi connectivity index (χ0) is 13.4. The number of benzene rings is 1. The first-order valence-electron chi connectivity index (χ1n) is 5.83. The summed E-state index contributed by atoms with van der Waals surface area (Å²) in [6, 6.07) is 10.4. The van der Waals surface area contributed by atoms with Crippen LogP contribution in [-0.4, -0.2) is 21.7 Å². The lowest BCUT2D eigenvalue weighted by Crippen LogP contribution is -2.29. The molecular weight excluding hydrogens is 242 g/mol. The molecule has 1 aromatic carbocycles. The number of anilines is 1. The maximum Gasteiger partial charge on any atom is 0.280 e. The van der Waals surface area contributed by atoms with Crippen molar-refractivity contribution in [2.75, 3.05) is 5.73 Å². The van der Waals surface area contributed by atoms with Crippen LogP contribution in [0.5, 0.6) is 0 Å². The Morgan fingerprint density at radius 2 is 1.84 bits per heavy atom. The van der Waals surface area contributed by atoms with Crippen molar-refractivity contribution < 1.29 is 9.59 Å². The fourth-order valence-electron chi connectivity index (χ4n) is 2.11. The quantitative estimate of drug-likeness (QED) is 0.649. The summed E-state index contributed by atoms with van der Waals surface area (Å²) >= 11 is 0. The van der Waals surface area contributed by atoms with Crippen LogP contribution < -0.4 is 5.73 Å². The fourth-order valence-corrected chi connectivity index (χ4v) is 2.11. The number of amides is 2. The molecular formula is C14H11N3O2. The molecule has 0 atom stereocenters. The molecule has 0 saturated heterocycles. The molecule has 0 unspecified atom stereocenters. The minimum Gasteiger partial charge on any atom is -0.398 e. The Kier molecular flexibility index (Phi) is 2.52. The molecule has 0 spiro atoms. The predicted octanol–water partition coefficient (Wildman–Crippen LogP) is 1.46. The maximum atomic E-state index is 12.1. The van der Waals surface area contributed by atoms with E-state index in [1.54, 1.807) is 24.3 Å². The van der Waals surface area contributed by atoms with Crippen molar-refractivity contribution in [3.63, 3.8) is 0 Å². The van der Waals surface area contributed by atoms with Crippen LogP contribution in [0.2, 0.25) is 0 Å². The topological polar surface area (TPSA) is 76.3 Å². The average Bonchev–Trinajstić information content (AvgIpc) is 2.67. The van der Waals surface area contributed by atoms with E-state index in [9.17, 15) is 9.59 Å². The summed E-state index contributed by atoms with van der Waals surface area (Å²) in [5.74, 6) is -0.694. The number of rotatable bonds is 2. The zero-order valence-corrected chi connectivity index (χ0v) is 10.0. The second-order valence-electron chi connectivity index (χ2n) is 4.29. The van der Waals surface area contributed by atoms with Crippen LogP contribution in [0, 0.1) is 0 Å². The molecule has 2 N–H and O–H groups in total. The number of nitrogens with two attached hydrogens (primary N) is 1. The molecule has 1 aliphatic rings. The Hall–Kier alpha value is -2.69. The lowest BCUT2D eigenvalue weighted by molar-refractivity contribution is 0.0641. The van der Waals surface area contributed by atoms with E-state index in [2.05, 4.69) is 4.98 Å². The molecule has 19 heavy (non-hydrogen) atoms. The third-order valence-corrected chi connectivity index (χ3v) is 3.11. The van der Waals surface area contributed by atoms with Crippen molar-refractivity contribution in [1.29, 1.82) is 0 Å². The summed E-state index contributed by atoms with van der Waals surface area (Å²) < 4.78 is 0. The van der Waals surface area contributed by atoms with Gasteiger partial charge in [-0.2, -0.15) is 0 Å². The van der Waals surface area contributed by atoms with Gasteiger partial charge in [0.1, 0.15) is 5.69 Å². The molecule has 2 heterocycles. The molecule has 2 aromatic rings. The van der Waals surface area contributed by atoms with E-state index in [4.69, 9.17) is 5.73 Å². The second kappa shape index (κ2) is 4.20. The molecule has 3 rings (SSSR count). The second-order valence-corrected chi connectivity index (χ2v) is 4.29. The van der Waals surface area contributed by atoms with Crippen molar-refractivity contribution in [2.24, 2.45) is 0 Å². The molecule has 0 fully saturated rings. The highest BCUT2D eigenvalue weighted by Gasteiger charge is 2.36. The fraction of sp³-hybridized carbons (Fsp3) is 0.0714. The van der Waals surface area contributed by atoms with Gasteiger partial charge in [-0.3, -0.25) is 19.5 Å². The Labute approximate surface area is 109 Å². The van der Waals surface area contributed by atoms with Gasteiger partial charge in [0, 0.05) is 11.9 Å². The number of para-hydroxylation sites is 1. The first-order chi connectivity index (χ1) is 9.18. The summed E-state index contributed by atoms with van der Waals surface area (Å²) in [7, 11) is 0. The summed E-state index contributed by atoms with van der Waals surface area (Å²) in [5, 5.41) is 0. The van der Waals surface area contributed by atoms with Gasteiger partial charge in [0.2, 0.25) is 0 Å². The van der Waals surface area contributed by atoms with Gasteiger partial charge in [-0.05, 0) is 23.8 Å². The predicted molar refractivity (Wildman–Crippen MR) is 69.3 cm³/mol. The smallest absolute Gasteiger partial charge is 0.280 e. The number of carbonyl (C=O) groups is 2. The van der Waals surface area contributed by atoms with E-state index in [0.717, 1.165) is 5.56 Å². The van der Waals surface area contributed by atoms with Crippen LogP contribution in [0.1, 0.15) is 26.4 Å². The summed E-state index contributed by atoms with van der Waals surface area (Å²) in [6.45, 7) is 0.167. The molecule has 2 amide bonds. The number of nitrogen functional groups attached to an aromatic ring is 1. The van der Waals surface area contributed by atoms with Gasteiger partial charge < -0.3 is 5.73 Å². The van der Waals surface area contributed by atoms with E-state index in [1.165, 1.54) is 11.1 Å². The maximum absolute atomic E-state index is 12.1. The van der Waals surface area contributed by atoms with Crippen LogP contribution >= 0.6 is 0 Å². The van der Waals surface area contributed by atoms with E-state index in [-0.39, 0.29) is 24.1 Å². The Bertz CT molecular complexity index is 647. The van der Waals surface area contributed by atoms with Gasteiger partial charge in [-0.15, -0.1) is 0 Å². The summed E-state index contributed by atoms with van der Waals surface area (Å²) in [5.41, 5.74) is 7.70. The third kappa shape index (κ3) is 1.76. The Balaban J connectivity index is 1.95. The molecule has 1 aromatic heterocycles. The number of hydrogen-bond donors (Lipinski definition) is 1. The van der Waals surface area contributed by atoms with Crippen LogP contribution in [0.25, 0.3) is 0 Å². The van der Waals surface area contributed by atoms with Gasteiger partial charge in [0.15, 0.2) is 0 Å². The van der Waals surface area contributed by atoms with Crippen molar-refractivity contribution in [1.82, 2.24) is 9.88 Å². The first-order valence-corrected chi connectivity index (χ1v) is 5.83. The van der Waals surface area contributed by atoms with E-state index < -0.39 is 0 Å². The molecule has 0 aliphatic carbocycles. The Morgan fingerprint density at radius 3 is 2.58 bits per heavy atom. The number of carbonyl (C=O) groups excluding carboxylic acids is 2. The minimum atomic E-state index is -0.371. The standard InChI is InChI=1S/C14H11N3O2/c15-11-6-2-1-4-9(11)8-17-13(18)10-5-3-7-16-12(10)14(17)19/h1-7H,8,15H2. The molecule has 0 bridgehead atoms. The van der Waals surface area contributed by atoms with Gasteiger partial charge in [-0.25, -0.2) is 0 Å². The van der Waals surface area contributed by atoms with Crippen LogP contribution in [-0.2, 0) is 6.54 Å². The highest BCUT2D eigenvalue weighted by Crippen LogP contribution is 2.23. The normalized spacial score (nSPS) is 13.8. The number of nitrogens with zero attached hydrogens (tertiary/aromatic N) is 2. The molecule has 5 nitrogen and oxygen atoms in total. The van der Waals surface area contributed by atoms with Crippen molar-refractivity contribution in [3.05, 3.63) is 59.4 Å². The third-order valence-electron chi connectivity index (χ3n) is 3.11. The minimum absolute atomic E-state index is 0.167. The van der Waals surface area contributed by atoms with E-state index in [1.807, 2.05) is 12.1 Å². The lowest BCUT2D eigenvalue weighted by atomic mass is 10.1. The van der Waals surface area contributed by atoms with E-state index >= 15 is 0 Å². The molecule has 0 radical (unpaired) electrons. The summed E-state index contributed by atoms with van der Waals surface area (Å²) in [4.78, 5) is 29.4. The largest absolute Gasteiger partial charge is 0.398 e. The van der Waals surface area contributed by atoms with Gasteiger partial charge in [-0.1, -0.05) is 18.2 Å². The van der Waals surface area contributed by atoms with Crippen molar-refractivity contribution in [2.45, 2.75) is 6.54 Å². The summed E-state index contributed by atoms with van der Waals surface area (Å²) in [6.07, 6.45) is 1.50. The number of pyridine rings is 1. The number of imide groups is 1. The number of fused-ring (bicyclic) bond motifs is 1. The molecule has 5 heteroatoms. The van der Waals surface area contributed by atoms with Gasteiger partial charge in [0.25, 0.3) is 11.8 Å². The molecule has 1 aliphatic heterocycles. The van der Waals surface area contributed by atoms with Gasteiger partial charge in [0.05, 0.1) is 12.1 Å². The number of aromatic nitrogens is 1. The number of hydrogen-bond acceptors (Lipinski definition) is 4. The monoisotopic (exact) mass is 253 g/mol. The highest BCUT2D eigenvalue weighted by molar-refractivity contribution is 6.20. The van der Waals surface area contributed by atoms with Crippen LogP contribution in [0.4, 0.5) is 5.69 Å². The highest BCUT2D eigenvalue weighted by atomic mass is 16.2. The van der Waals surface area contributed by atoms with Crippen LogP contribution in [0.15, 0.2) is 42.6 Å². The molecule has 94 valence electrons. The van der Waals surface area contributed by atoms with Crippen LogP contribution in [0.3, 0.4) is 0 Å². The SMILES string of the molecule is Nc1ccccc1CN1C(=O)c2cccnc2C1=O. The van der Waals surface area contributed by atoms with Crippen molar-refractivity contribution >= 4 is 17.5 Å². The Morgan fingerprint density at radius 1 is 1.05 bits per heavy atom. The van der Waals surface area contributed by atoms with Gasteiger partial charge >= 0.3 is 0 Å². The van der Waals surface area contributed by atoms with E-state index in [0.29, 0.717) is 11.3 Å². The zero-order valence-electron chi connectivity index (χ0n) is 10.0. The molecule has 0 saturated carbocycles.